The summed E-state index contributed by atoms with van der Waals surface area (Å²) in [5.74, 6) is 1.11. The van der Waals surface area contributed by atoms with Gasteiger partial charge in [0.1, 0.15) is 0 Å². The minimum atomic E-state index is -0.00458. The van der Waals surface area contributed by atoms with Gasteiger partial charge in [0.05, 0.1) is 6.04 Å². The monoisotopic (exact) mass is 354 g/mol. The van der Waals surface area contributed by atoms with E-state index in [0.717, 1.165) is 18.2 Å². The molecule has 1 heterocycles. The number of nitrogens with one attached hydrogen (secondary N) is 1. The molecule has 1 aromatic rings. The van der Waals surface area contributed by atoms with Gasteiger partial charge in [0.15, 0.2) is 5.96 Å². The molecule has 2 unspecified atom stereocenters. The molecule has 3 rings (SSSR count). The van der Waals surface area contributed by atoms with Gasteiger partial charge in [-0.3, -0.25) is 4.99 Å². The molecule has 2 fully saturated rings. The van der Waals surface area contributed by atoms with Gasteiger partial charge in [-0.25, -0.2) is 0 Å². The number of guanidine groups is 1. The molecule has 0 radical (unpaired) electrons. The molecule has 1 aromatic carbocycles. The van der Waals surface area contributed by atoms with Crippen LogP contribution in [0.2, 0.25) is 10.0 Å². The van der Waals surface area contributed by atoms with Gasteiger partial charge in [-0.1, -0.05) is 29.3 Å². The summed E-state index contributed by atoms with van der Waals surface area (Å²) in [6.07, 6.45) is 3.98. The molecule has 0 bridgehead atoms. The van der Waals surface area contributed by atoms with Crippen molar-refractivity contribution in [2.24, 2.45) is 16.6 Å². The SMILES string of the molecule is CC(NC(N)=NCC1CCN(C2CC2)C1)c1ccc(Cl)cc1Cl. The van der Waals surface area contributed by atoms with E-state index >= 15 is 0 Å². The summed E-state index contributed by atoms with van der Waals surface area (Å²) in [6.45, 7) is 5.19. The number of aliphatic imine (C=N–C) groups is 1. The molecule has 1 aliphatic carbocycles. The first-order chi connectivity index (χ1) is 11.0. The van der Waals surface area contributed by atoms with E-state index in [0.29, 0.717) is 21.9 Å². The number of halogens is 2. The van der Waals surface area contributed by atoms with Gasteiger partial charge < -0.3 is 16.0 Å². The van der Waals surface area contributed by atoms with Crippen LogP contribution in [0.4, 0.5) is 0 Å². The largest absolute Gasteiger partial charge is 0.370 e. The van der Waals surface area contributed by atoms with Crippen molar-refractivity contribution in [1.29, 1.82) is 0 Å². The predicted octanol–water partition coefficient (Wildman–Crippen LogP) is 3.44. The van der Waals surface area contributed by atoms with Crippen LogP contribution in [0.1, 0.15) is 37.8 Å². The van der Waals surface area contributed by atoms with Gasteiger partial charge in [0.25, 0.3) is 0 Å². The molecule has 0 aromatic heterocycles. The number of rotatable bonds is 5. The first-order valence-electron chi connectivity index (χ1n) is 8.28. The van der Waals surface area contributed by atoms with E-state index < -0.39 is 0 Å². The summed E-state index contributed by atoms with van der Waals surface area (Å²) in [7, 11) is 0. The lowest BCUT2D eigenvalue weighted by atomic mass is 10.1. The van der Waals surface area contributed by atoms with Crippen LogP contribution in [0.15, 0.2) is 23.2 Å². The van der Waals surface area contributed by atoms with Gasteiger partial charge in [-0.05, 0) is 56.3 Å². The lowest BCUT2D eigenvalue weighted by Crippen LogP contribution is -2.34. The Morgan fingerprint density at radius 3 is 2.87 bits per heavy atom. The summed E-state index contributed by atoms with van der Waals surface area (Å²) in [5.41, 5.74) is 7.00. The number of hydrogen-bond donors (Lipinski definition) is 2. The average Bonchev–Trinajstić information content (AvgIpc) is 3.24. The highest BCUT2D eigenvalue weighted by molar-refractivity contribution is 6.35. The molecule has 23 heavy (non-hydrogen) atoms. The smallest absolute Gasteiger partial charge is 0.189 e. The lowest BCUT2D eigenvalue weighted by molar-refractivity contribution is 0.315. The van der Waals surface area contributed by atoms with E-state index in [9.17, 15) is 0 Å². The normalized spacial score (nSPS) is 24.0. The van der Waals surface area contributed by atoms with E-state index in [1.165, 1.54) is 32.4 Å². The number of benzene rings is 1. The molecule has 0 amide bonds. The fraction of sp³-hybridized carbons (Fsp3) is 0.588. The van der Waals surface area contributed by atoms with Crippen LogP contribution in [0.3, 0.4) is 0 Å². The zero-order chi connectivity index (χ0) is 16.4. The Morgan fingerprint density at radius 1 is 1.39 bits per heavy atom. The molecular formula is C17H24Cl2N4. The van der Waals surface area contributed by atoms with Crippen molar-refractivity contribution in [3.05, 3.63) is 33.8 Å². The lowest BCUT2D eigenvalue weighted by Gasteiger charge is -2.17. The Kier molecular flexibility index (Phi) is 5.34. The quantitative estimate of drug-likeness (QED) is 0.628. The second kappa shape index (κ2) is 7.29. The molecule has 2 atom stereocenters. The number of nitrogens with zero attached hydrogens (tertiary/aromatic N) is 2. The van der Waals surface area contributed by atoms with Crippen LogP contribution < -0.4 is 11.1 Å². The predicted molar refractivity (Wildman–Crippen MR) is 97.2 cm³/mol. The average molecular weight is 355 g/mol. The number of likely N-dealkylation sites (tertiary alicyclic amines) is 1. The summed E-state index contributed by atoms with van der Waals surface area (Å²) < 4.78 is 0. The number of hydrogen-bond acceptors (Lipinski definition) is 2. The Balaban J connectivity index is 1.50. The van der Waals surface area contributed by atoms with Crippen LogP contribution >= 0.6 is 23.2 Å². The van der Waals surface area contributed by atoms with Crippen molar-refractivity contribution in [2.75, 3.05) is 19.6 Å². The molecular weight excluding hydrogens is 331 g/mol. The Morgan fingerprint density at radius 2 is 2.17 bits per heavy atom. The molecule has 6 heteroatoms. The van der Waals surface area contributed by atoms with E-state index in [1.807, 2.05) is 19.1 Å². The zero-order valence-corrected chi connectivity index (χ0v) is 14.9. The van der Waals surface area contributed by atoms with Crippen LogP contribution in [-0.4, -0.2) is 36.5 Å². The topological polar surface area (TPSA) is 53.6 Å². The summed E-state index contributed by atoms with van der Waals surface area (Å²) in [6, 6.07) is 6.34. The van der Waals surface area contributed by atoms with Crippen LogP contribution in [0.25, 0.3) is 0 Å². The standard InChI is InChI=1S/C17H24Cl2N4/c1-11(15-5-2-13(18)8-16(15)19)22-17(20)21-9-12-6-7-23(10-12)14-3-4-14/h2,5,8,11-12,14H,3-4,6-7,9-10H2,1H3,(H3,20,21,22). The van der Waals surface area contributed by atoms with Crippen molar-refractivity contribution >= 4 is 29.2 Å². The van der Waals surface area contributed by atoms with Crippen LogP contribution in [0, 0.1) is 5.92 Å². The van der Waals surface area contributed by atoms with Gasteiger partial charge in [-0.15, -0.1) is 0 Å². The zero-order valence-electron chi connectivity index (χ0n) is 13.4. The second-order valence-electron chi connectivity index (χ2n) is 6.64. The maximum Gasteiger partial charge on any atom is 0.189 e. The first kappa shape index (κ1) is 16.9. The second-order valence-corrected chi connectivity index (χ2v) is 7.48. The third kappa shape index (κ3) is 4.52. The Labute approximate surface area is 148 Å². The molecule has 126 valence electrons. The van der Waals surface area contributed by atoms with Crippen molar-refractivity contribution in [1.82, 2.24) is 10.2 Å². The minimum absolute atomic E-state index is 0.00458. The molecule has 1 aliphatic heterocycles. The number of nitrogens with two attached hydrogens (primary N) is 1. The van der Waals surface area contributed by atoms with Crippen LogP contribution in [-0.2, 0) is 0 Å². The van der Waals surface area contributed by atoms with Gasteiger partial charge in [0, 0.05) is 29.2 Å². The highest BCUT2D eigenvalue weighted by atomic mass is 35.5. The maximum atomic E-state index is 6.23. The maximum absolute atomic E-state index is 6.23. The van der Waals surface area contributed by atoms with Crippen molar-refractivity contribution in [3.63, 3.8) is 0 Å². The molecule has 4 nitrogen and oxygen atoms in total. The highest BCUT2D eigenvalue weighted by Crippen LogP contribution is 2.31. The molecule has 1 saturated heterocycles. The fourth-order valence-corrected chi connectivity index (χ4v) is 3.78. The van der Waals surface area contributed by atoms with Gasteiger partial charge >= 0.3 is 0 Å². The van der Waals surface area contributed by atoms with Crippen molar-refractivity contribution in [2.45, 2.75) is 38.3 Å². The third-order valence-electron chi connectivity index (χ3n) is 4.69. The van der Waals surface area contributed by atoms with Gasteiger partial charge in [-0.2, -0.15) is 0 Å². The molecule has 1 saturated carbocycles. The molecule has 0 spiro atoms. The van der Waals surface area contributed by atoms with Crippen LogP contribution in [0.5, 0.6) is 0 Å². The molecule has 3 N–H and O–H groups in total. The van der Waals surface area contributed by atoms with E-state index in [1.54, 1.807) is 6.07 Å². The third-order valence-corrected chi connectivity index (χ3v) is 5.26. The summed E-state index contributed by atoms with van der Waals surface area (Å²) in [5, 5.41) is 4.49. The first-order valence-corrected chi connectivity index (χ1v) is 9.04. The highest BCUT2D eigenvalue weighted by Gasteiger charge is 2.34. The Hall–Kier alpha value is -0.970. The Bertz CT molecular complexity index is 586. The van der Waals surface area contributed by atoms with Gasteiger partial charge in [0.2, 0.25) is 0 Å². The van der Waals surface area contributed by atoms with E-state index in [-0.39, 0.29) is 6.04 Å². The van der Waals surface area contributed by atoms with E-state index in [2.05, 4.69) is 15.2 Å². The minimum Gasteiger partial charge on any atom is -0.370 e. The van der Waals surface area contributed by atoms with Crippen molar-refractivity contribution in [3.8, 4) is 0 Å². The molecule has 2 aliphatic rings. The summed E-state index contributed by atoms with van der Waals surface area (Å²) >= 11 is 12.2. The fourth-order valence-electron chi connectivity index (χ4n) is 3.21. The van der Waals surface area contributed by atoms with E-state index in [4.69, 9.17) is 28.9 Å². The summed E-state index contributed by atoms with van der Waals surface area (Å²) in [4.78, 5) is 7.12. The van der Waals surface area contributed by atoms with Crippen molar-refractivity contribution < 1.29 is 0 Å².